The minimum absolute atomic E-state index is 0.101. The van der Waals surface area contributed by atoms with Gasteiger partial charge in [0, 0.05) is 16.0 Å². The third kappa shape index (κ3) is 1.91. The van der Waals surface area contributed by atoms with Crippen molar-refractivity contribution in [1.82, 2.24) is 0 Å². The van der Waals surface area contributed by atoms with Gasteiger partial charge in [-0.15, -0.1) is 11.3 Å². The maximum Gasteiger partial charge on any atom is 0.194 e. The van der Waals surface area contributed by atoms with E-state index in [-0.39, 0.29) is 11.6 Å². The summed E-state index contributed by atoms with van der Waals surface area (Å²) >= 11 is 1.52. The van der Waals surface area contributed by atoms with Crippen molar-refractivity contribution in [2.24, 2.45) is 0 Å². The van der Waals surface area contributed by atoms with Crippen LogP contribution in [0.3, 0.4) is 0 Å². The van der Waals surface area contributed by atoms with Crippen LogP contribution in [0.2, 0.25) is 0 Å². The van der Waals surface area contributed by atoms with Crippen molar-refractivity contribution in [3.05, 3.63) is 57.0 Å². The SMILES string of the molecule is Cc1ccc(F)cc1C(=O)c1ccsc1C. The highest BCUT2D eigenvalue weighted by atomic mass is 32.1. The zero-order valence-corrected chi connectivity index (χ0v) is 9.90. The second kappa shape index (κ2) is 4.18. The van der Waals surface area contributed by atoms with Gasteiger partial charge in [0.25, 0.3) is 0 Å². The summed E-state index contributed by atoms with van der Waals surface area (Å²) < 4.78 is 13.1. The summed E-state index contributed by atoms with van der Waals surface area (Å²) in [4.78, 5) is 13.1. The lowest BCUT2D eigenvalue weighted by atomic mass is 10.00. The van der Waals surface area contributed by atoms with Gasteiger partial charge in [-0.25, -0.2) is 4.39 Å². The van der Waals surface area contributed by atoms with E-state index in [1.54, 1.807) is 12.1 Å². The number of carbonyl (C=O) groups is 1. The first-order chi connectivity index (χ1) is 7.59. The molecule has 1 nitrogen and oxygen atoms in total. The summed E-state index contributed by atoms with van der Waals surface area (Å²) in [6.07, 6.45) is 0. The Morgan fingerprint density at radius 3 is 2.56 bits per heavy atom. The number of aryl methyl sites for hydroxylation is 2. The molecule has 0 fully saturated rings. The van der Waals surface area contributed by atoms with Crippen LogP contribution in [0, 0.1) is 19.7 Å². The van der Waals surface area contributed by atoms with Gasteiger partial charge in [0.1, 0.15) is 5.82 Å². The van der Waals surface area contributed by atoms with E-state index in [9.17, 15) is 9.18 Å². The van der Waals surface area contributed by atoms with Gasteiger partial charge in [-0.05, 0) is 43.0 Å². The van der Waals surface area contributed by atoms with E-state index in [0.717, 1.165) is 10.4 Å². The second-order valence-electron chi connectivity index (χ2n) is 3.68. The molecule has 2 aromatic rings. The van der Waals surface area contributed by atoms with Crippen LogP contribution in [0.5, 0.6) is 0 Å². The number of hydrogen-bond acceptors (Lipinski definition) is 2. The number of thiophene rings is 1. The summed E-state index contributed by atoms with van der Waals surface area (Å²) in [5.41, 5.74) is 1.91. The van der Waals surface area contributed by atoms with Crippen molar-refractivity contribution in [2.75, 3.05) is 0 Å². The molecule has 0 radical (unpaired) electrons. The Morgan fingerprint density at radius 1 is 1.19 bits per heavy atom. The number of carbonyl (C=O) groups excluding carboxylic acids is 1. The lowest BCUT2D eigenvalue weighted by Gasteiger charge is -2.04. The molecular weight excluding hydrogens is 223 g/mol. The Labute approximate surface area is 97.6 Å². The largest absolute Gasteiger partial charge is 0.289 e. The fourth-order valence-electron chi connectivity index (χ4n) is 1.60. The fourth-order valence-corrected chi connectivity index (χ4v) is 2.30. The zero-order valence-electron chi connectivity index (χ0n) is 9.08. The van der Waals surface area contributed by atoms with Crippen molar-refractivity contribution in [3.63, 3.8) is 0 Å². The normalized spacial score (nSPS) is 10.4. The van der Waals surface area contributed by atoms with Gasteiger partial charge in [0.15, 0.2) is 5.78 Å². The van der Waals surface area contributed by atoms with E-state index in [4.69, 9.17) is 0 Å². The van der Waals surface area contributed by atoms with E-state index in [0.29, 0.717) is 11.1 Å². The maximum atomic E-state index is 13.1. The average molecular weight is 234 g/mol. The highest BCUT2D eigenvalue weighted by molar-refractivity contribution is 7.10. The highest BCUT2D eigenvalue weighted by Crippen LogP contribution is 2.21. The number of halogens is 1. The van der Waals surface area contributed by atoms with E-state index in [2.05, 4.69) is 0 Å². The Morgan fingerprint density at radius 2 is 1.94 bits per heavy atom. The minimum atomic E-state index is -0.373. The Kier molecular flexibility index (Phi) is 2.88. The summed E-state index contributed by atoms with van der Waals surface area (Å²) in [7, 11) is 0. The molecule has 82 valence electrons. The van der Waals surface area contributed by atoms with E-state index >= 15 is 0 Å². The summed E-state index contributed by atoms with van der Waals surface area (Å²) in [6.45, 7) is 3.71. The molecule has 1 aromatic carbocycles. The van der Waals surface area contributed by atoms with Crippen LogP contribution in [0.1, 0.15) is 26.4 Å². The molecule has 0 amide bonds. The molecule has 3 heteroatoms. The first-order valence-electron chi connectivity index (χ1n) is 4.94. The Hall–Kier alpha value is -1.48. The van der Waals surface area contributed by atoms with Crippen molar-refractivity contribution in [3.8, 4) is 0 Å². The van der Waals surface area contributed by atoms with Gasteiger partial charge < -0.3 is 0 Å². The molecule has 0 saturated carbocycles. The van der Waals surface area contributed by atoms with Crippen LogP contribution in [0.4, 0.5) is 4.39 Å². The van der Waals surface area contributed by atoms with Crippen LogP contribution < -0.4 is 0 Å². The molecule has 0 aliphatic rings. The smallest absolute Gasteiger partial charge is 0.194 e. The van der Waals surface area contributed by atoms with Crippen LogP contribution in [-0.4, -0.2) is 5.78 Å². The van der Waals surface area contributed by atoms with Crippen LogP contribution in [0.15, 0.2) is 29.6 Å². The van der Waals surface area contributed by atoms with E-state index in [1.807, 2.05) is 19.2 Å². The predicted octanol–water partition coefficient (Wildman–Crippen LogP) is 3.74. The molecule has 0 spiro atoms. The standard InChI is InChI=1S/C13H11FOS/c1-8-3-4-10(14)7-12(8)13(15)11-5-6-16-9(11)2/h3-7H,1-2H3. The predicted molar refractivity (Wildman–Crippen MR) is 63.6 cm³/mol. The number of ketones is 1. The summed E-state index contributed by atoms with van der Waals surface area (Å²) in [6, 6.07) is 6.08. The summed E-state index contributed by atoms with van der Waals surface area (Å²) in [5, 5.41) is 1.87. The van der Waals surface area contributed by atoms with Gasteiger partial charge in [-0.2, -0.15) is 0 Å². The Balaban J connectivity index is 2.49. The highest BCUT2D eigenvalue weighted by Gasteiger charge is 2.15. The van der Waals surface area contributed by atoms with Crippen molar-refractivity contribution >= 4 is 17.1 Å². The lowest BCUT2D eigenvalue weighted by Crippen LogP contribution is -2.04. The van der Waals surface area contributed by atoms with E-state index in [1.165, 1.54) is 23.5 Å². The quantitative estimate of drug-likeness (QED) is 0.723. The van der Waals surface area contributed by atoms with Crippen LogP contribution >= 0.6 is 11.3 Å². The first-order valence-corrected chi connectivity index (χ1v) is 5.82. The number of hydrogen-bond donors (Lipinski definition) is 0. The van der Waals surface area contributed by atoms with Gasteiger partial charge in [-0.3, -0.25) is 4.79 Å². The third-order valence-electron chi connectivity index (χ3n) is 2.55. The second-order valence-corrected chi connectivity index (χ2v) is 4.80. The van der Waals surface area contributed by atoms with Crippen molar-refractivity contribution in [2.45, 2.75) is 13.8 Å². The molecule has 2 rings (SSSR count). The van der Waals surface area contributed by atoms with Crippen molar-refractivity contribution in [1.29, 1.82) is 0 Å². The fraction of sp³-hybridized carbons (Fsp3) is 0.154. The van der Waals surface area contributed by atoms with Crippen LogP contribution in [-0.2, 0) is 0 Å². The first kappa shape index (κ1) is 11.0. The monoisotopic (exact) mass is 234 g/mol. The van der Waals surface area contributed by atoms with Gasteiger partial charge >= 0.3 is 0 Å². The molecule has 0 N–H and O–H groups in total. The molecule has 16 heavy (non-hydrogen) atoms. The molecular formula is C13H11FOS. The topological polar surface area (TPSA) is 17.1 Å². The summed E-state index contributed by atoms with van der Waals surface area (Å²) in [5.74, 6) is -0.474. The number of rotatable bonds is 2. The van der Waals surface area contributed by atoms with Crippen molar-refractivity contribution < 1.29 is 9.18 Å². The van der Waals surface area contributed by atoms with Gasteiger partial charge in [0.05, 0.1) is 0 Å². The number of benzene rings is 1. The van der Waals surface area contributed by atoms with E-state index < -0.39 is 0 Å². The molecule has 0 aliphatic heterocycles. The van der Waals surface area contributed by atoms with Crippen LogP contribution in [0.25, 0.3) is 0 Å². The molecule has 1 heterocycles. The van der Waals surface area contributed by atoms with Gasteiger partial charge in [-0.1, -0.05) is 6.07 Å². The average Bonchev–Trinajstić information content (AvgIpc) is 2.67. The molecule has 0 atom stereocenters. The molecule has 0 unspecified atom stereocenters. The molecule has 0 saturated heterocycles. The van der Waals surface area contributed by atoms with Gasteiger partial charge in [0.2, 0.25) is 0 Å². The maximum absolute atomic E-state index is 13.1. The minimum Gasteiger partial charge on any atom is -0.289 e. The third-order valence-corrected chi connectivity index (χ3v) is 3.39. The zero-order chi connectivity index (χ0) is 11.7. The Bertz CT molecular complexity index is 543. The molecule has 0 bridgehead atoms. The molecule has 0 aliphatic carbocycles. The molecule has 1 aromatic heterocycles. The lowest BCUT2D eigenvalue weighted by molar-refractivity contribution is 0.103.